The van der Waals surface area contributed by atoms with Gasteiger partial charge in [0.1, 0.15) is 0 Å². The van der Waals surface area contributed by atoms with Gasteiger partial charge < -0.3 is 9.84 Å². The van der Waals surface area contributed by atoms with Crippen molar-refractivity contribution in [3.05, 3.63) is 36.5 Å². The lowest BCUT2D eigenvalue weighted by atomic mass is 9.86. The Hall–Kier alpha value is -1.86. The van der Waals surface area contributed by atoms with E-state index < -0.39 is 10.0 Å². The number of anilines is 1. The molecule has 0 atom stereocenters. The van der Waals surface area contributed by atoms with E-state index in [1.54, 1.807) is 20.0 Å². The second kappa shape index (κ2) is 8.22. The summed E-state index contributed by atoms with van der Waals surface area (Å²) in [5.41, 5.74) is 2.09. The molecular formula is C19H27N3O3S. The number of benzene rings is 1. The Morgan fingerprint density at radius 3 is 2.38 bits per heavy atom. The van der Waals surface area contributed by atoms with Gasteiger partial charge in [0.25, 0.3) is 0 Å². The first-order chi connectivity index (χ1) is 12.4. The van der Waals surface area contributed by atoms with E-state index in [1.165, 1.54) is 0 Å². The molecule has 1 fully saturated rings. The van der Waals surface area contributed by atoms with Gasteiger partial charge >= 0.3 is 0 Å². The normalized spacial score (nSPS) is 21.0. The molecule has 7 heteroatoms. The van der Waals surface area contributed by atoms with Gasteiger partial charge in [0.15, 0.2) is 5.76 Å². The highest BCUT2D eigenvalue weighted by atomic mass is 32.2. The first-order valence-electron chi connectivity index (χ1n) is 9.20. The van der Waals surface area contributed by atoms with Crippen molar-refractivity contribution in [2.75, 3.05) is 11.9 Å². The monoisotopic (exact) mass is 377 g/mol. The van der Waals surface area contributed by atoms with Crippen LogP contribution >= 0.6 is 0 Å². The molecule has 0 radical (unpaired) electrons. The number of nitrogens with zero attached hydrogens (tertiary/aromatic N) is 1. The molecule has 1 saturated carbocycles. The molecule has 2 N–H and O–H groups in total. The summed E-state index contributed by atoms with van der Waals surface area (Å²) in [6.07, 6.45) is 5.52. The van der Waals surface area contributed by atoms with E-state index in [-0.39, 0.29) is 11.3 Å². The molecule has 2 aromatic rings. The van der Waals surface area contributed by atoms with Crippen LogP contribution in [0.5, 0.6) is 0 Å². The van der Waals surface area contributed by atoms with E-state index in [9.17, 15) is 8.42 Å². The predicted octanol–water partition coefficient (Wildman–Crippen LogP) is 3.64. The fourth-order valence-electron chi connectivity index (χ4n) is 3.23. The Morgan fingerprint density at radius 2 is 1.81 bits per heavy atom. The van der Waals surface area contributed by atoms with Crippen molar-refractivity contribution in [1.82, 2.24) is 9.88 Å². The van der Waals surface area contributed by atoms with Gasteiger partial charge in [0.05, 0.1) is 11.4 Å². The lowest BCUT2D eigenvalue weighted by Crippen LogP contribution is -2.41. The molecule has 0 aliphatic heterocycles. The second-order valence-electron chi connectivity index (χ2n) is 7.26. The van der Waals surface area contributed by atoms with Crippen molar-refractivity contribution < 1.29 is 12.9 Å². The maximum absolute atomic E-state index is 12.0. The maximum atomic E-state index is 12.0. The predicted molar refractivity (Wildman–Crippen MR) is 103 cm³/mol. The van der Waals surface area contributed by atoms with Gasteiger partial charge in [0.2, 0.25) is 10.0 Å². The van der Waals surface area contributed by atoms with E-state index in [4.69, 9.17) is 4.52 Å². The molecule has 0 unspecified atom stereocenters. The smallest absolute Gasteiger partial charge is 0.214 e. The van der Waals surface area contributed by atoms with Crippen LogP contribution in [0.15, 0.2) is 41.1 Å². The molecule has 26 heavy (non-hydrogen) atoms. The standard InChI is InChI=1S/C19H27N3O3S/c1-14(2)26(23,24)22-18-7-3-15(4-8-18)13-20-17-9-5-16(6-10-17)19-11-12-21-25-19/h5-6,9-12,14-15,18,20,22H,3-4,7-8,13H2,1-2H3/t15-,18-. The first-order valence-corrected chi connectivity index (χ1v) is 10.7. The molecule has 0 bridgehead atoms. The third-order valence-corrected chi connectivity index (χ3v) is 6.90. The molecule has 142 valence electrons. The fraction of sp³-hybridized carbons (Fsp3) is 0.526. The van der Waals surface area contributed by atoms with Crippen molar-refractivity contribution in [2.24, 2.45) is 5.92 Å². The molecule has 6 nitrogen and oxygen atoms in total. The molecule has 1 aromatic carbocycles. The van der Waals surface area contributed by atoms with Crippen LogP contribution in [0.3, 0.4) is 0 Å². The Balaban J connectivity index is 1.44. The highest BCUT2D eigenvalue weighted by Gasteiger charge is 2.26. The molecule has 1 heterocycles. The van der Waals surface area contributed by atoms with E-state index in [0.717, 1.165) is 49.2 Å². The summed E-state index contributed by atoms with van der Waals surface area (Å²) in [6, 6.07) is 10.0. The fourth-order valence-corrected chi connectivity index (χ4v) is 4.20. The Kier molecular flexibility index (Phi) is 5.98. The third-order valence-electron chi connectivity index (χ3n) is 5.00. The van der Waals surface area contributed by atoms with Crippen LogP contribution in [-0.4, -0.2) is 31.4 Å². The summed E-state index contributed by atoms with van der Waals surface area (Å²) in [5.74, 6) is 1.34. The van der Waals surface area contributed by atoms with Crippen molar-refractivity contribution in [3.63, 3.8) is 0 Å². The average Bonchev–Trinajstić information content (AvgIpc) is 3.16. The van der Waals surface area contributed by atoms with Gasteiger partial charge in [-0.1, -0.05) is 5.16 Å². The Labute approximate surface area is 155 Å². The highest BCUT2D eigenvalue weighted by Crippen LogP contribution is 2.26. The zero-order chi connectivity index (χ0) is 18.6. The molecule has 3 rings (SSSR count). The molecule has 1 aliphatic rings. The average molecular weight is 378 g/mol. The van der Waals surface area contributed by atoms with E-state index >= 15 is 0 Å². The summed E-state index contributed by atoms with van der Waals surface area (Å²) in [5, 5.41) is 6.83. The zero-order valence-electron chi connectivity index (χ0n) is 15.3. The van der Waals surface area contributed by atoms with Crippen molar-refractivity contribution >= 4 is 15.7 Å². The van der Waals surface area contributed by atoms with Crippen molar-refractivity contribution in [2.45, 2.75) is 50.8 Å². The topological polar surface area (TPSA) is 84.2 Å². The first kappa shape index (κ1) is 18.9. The number of rotatable bonds is 7. The van der Waals surface area contributed by atoms with Crippen LogP contribution in [0.2, 0.25) is 0 Å². The highest BCUT2D eigenvalue weighted by molar-refractivity contribution is 7.90. The van der Waals surface area contributed by atoms with Crippen molar-refractivity contribution in [1.29, 1.82) is 0 Å². The van der Waals surface area contributed by atoms with Gasteiger partial charge in [-0.2, -0.15) is 0 Å². The van der Waals surface area contributed by atoms with Gasteiger partial charge in [-0.3, -0.25) is 0 Å². The summed E-state index contributed by atoms with van der Waals surface area (Å²) in [6.45, 7) is 4.34. The largest absolute Gasteiger partial charge is 0.385 e. The minimum Gasteiger partial charge on any atom is -0.385 e. The van der Waals surface area contributed by atoms with Gasteiger partial charge in [0, 0.05) is 29.9 Å². The van der Waals surface area contributed by atoms with E-state index in [2.05, 4.69) is 15.2 Å². The number of hydrogen-bond acceptors (Lipinski definition) is 5. The molecule has 1 aliphatic carbocycles. The van der Waals surface area contributed by atoms with E-state index in [1.807, 2.05) is 30.3 Å². The quantitative estimate of drug-likeness (QED) is 0.769. The Morgan fingerprint density at radius 1 is 1.12 bits per heavy atom. The summed E-state index contributed by atoms with van der Waals surface area (Å²) < 4.78 is 31.9. The zero-order valence-corrected chi connectivity index (χ0v) is 16.1. The van der Waals surface area contributed by atoms with Gasteiger partial charge in [-0.05, 0) is 69.7 Å². The molecule has 0 saturated heterocycles. The van der Waals surface area contributed by atoms with Crippen molar-refractivity contribution in [3.8, 4) is 11.3 Å². The number of hydrogen-bond donors (Lipinski definition) is 2. The maximum Gasteiger partial charge on any atom is 0.214 e. The van der Waals surface area contributed by atoms with Crippen LogP contribution in [-0.2, 0) is 10.0 Å². The van der Waals surface area contributed by atoms with Crippen LogP contribution in [0, 0.1) is 5.92 Å². The molecule has 1 aromatic heterocycles. The summed E-state index contributed by atoms with van der Waals surface area (Å²) in [4.78, 5) is 0. The van der Waals surface area contributed by atoms with Crippen LogP contribution in [0.25, 0.3) is 11.3 Å². The van der Waals surface area contributed by atoms with Crippen LogP contribution in [0.4, 0.5) is 5.69 Å². The number of aromatic nitrogens is 1. The number of nitrogens with one attached hydrogen (secondary N) is 2. The SMILES string of the molecule is CC(C)S(=O)(=O)N[C@H]1CC[C@H](CNc2ccc(-c3ccno3)cc2)CC1. The van der Waals surface area contributed by atoms with E-state index in [0.29, 0.717) is 5.92 Å². The molecule has 0 spiro atoms. The lowest BCUT2D eigenvalue weighted by molar-refractivity contribution is 0.323. The number of sulfonamides is 1. The lowest BCUT2D eigenvalue weighted by Gasteiger charge is -2.29. The minimum atomic E-state index is -3.17. The van der Waals surface area contributed by atoms with Gasteiger partial charge in [-0.25, -0.2) is 13.1 Å². The van der Waals surface area contributed by atoms with Gasteiger partial charge in [-0.15, -0.1) is 0 Å². The minimum absolute atomic E-state index is 0.0832. The Bertz CT molecular complexity index is 778. The summed E-state index contributed by atoms with van der Waals surface area (Å²) >= 11 is 0. The summed E-state index contributed by atoms with van der Waals surface area (Å²) in [7, 11) is -3.17. The molecular weight excluding hydrogens is 350 g/mol. The van der Waals surface area contributed by atoms with Crippen LogP contribution in [0.1, 0.15) is 39.5 Å². The van der Waals surface area contributed by atoms with Crippen LogP contribution < -0.4 is 10.0 Å². The molecule has 0 amide bonds. The second-order valence-corrected chi connectivity index (χ2v) is 9.53. The third kappa shape index (κ3) is 4.86.